The second-order valence-corrected chi connectivity index (χ2v) is 8.55. The van der Waals surface area contributed by atoms with E-state index in [2.05, 4.69) is 10.1 Å². The van der Waals surface area contributed by atoms with Crippen LogP contribution in [0.2, 0.25) is 10.0 Å². The van der Waals surface area contributed by atoms with Crippen LogP contribution in [0.5, 0.6) is 11.5 Å². The minimum Gasteiger partial charge on any atom is -0.493 e. The number of hydrogen-bond donors (Lipinski definition) is 1. The number of carbonyl (C=O) groups is 4. The zero-order valence-electron chi connectivity index (χ0n) is 18.1. The summed E-state index contributed by atoms with van der Waals surface area (Å²) in [5.41, 5.74) is 0.816. The first-order valence-corrected chi connectivity index (χ1v) is 11.1. The second-order valence-electron chi connectivity index (χ2n) is 6.74. The van der Waals surface area contributed by atoms with E-state index in [0.717, 1.165) is 4.90 Å². The molecule has 1 N–H and O–H groups in total. The quantitative estimate of drug-likeness (QED) is 0.417. The minimum atomic E-state index is -0.674. The van der Waals surface area contributed by atoms with E-state index in [4.69, 9.17) is 32.7 Å². The zero-order chi connectivity index (χ0) is 25.0. The zero-order valence-corrected chi connectivity index (χ0v) is 20.5. The molecule has 12 heteroatoms. The number of hydrogen-bond acceptors (Lipinski definition) is 8. The van der Waals surface area contributed by atoms with Gasteiger partial charge in [0, 0.05) is 5.69 Å². The van der Waals surface area contributed by atoms with Crippen molar-refractivity contribution >= 4 is 69.8 Å². The molecular weight excluding hydrogens is 507 g/mol. The molecule has 2 aromatic rings. The predicted octanol–water partition coefficient (Wildman–Crippen LogP) is 4.47. The highest BCUT2D eigenvalue weighted by atomic mass is 35.5. The summed E-state index contributed by atoms with van der Waals surface area (Å²) in [4.78, 5) is 50.3. The molecule has 3 rings (SSSR count). The summed E-state index contributed by atoms with van der Waals surface area (Å²) < 4.78 is 15.1. The summed E-state index contributed by atoms with van der Waals surface area (Å²) >= 11 is 12.9. The Morgan fingerprint density at radius 2 is 1.79 bits per heavy atom. The molecule has 1 fully saturated rings. The van der Waals surface area contributed by atoms with Crippen LogP contribution in [0.4, 0.5) is 10.5 Å². The number of methoxy groups -OCH3 is 3. The lowest BCUT2D eigenvalue weighted by atomic mass is 10.1. The van der Waals surface area contributed by atoms with Crippen molar-refractivity contribution in [1.82, 2.24) is 4.90 Å². The number of imide groups is 1. The number of amides is 3. The molecule has 1 aliphatic rings. The number of carbonyl (C=O) groups excluding carboxylic acids is 4. The van der Waals surface area contributed by atoms with Crippen LogP contribution in [0.15, 0.2) is 35.2 Å². The van der Waals surface area contributed by atoms with Crippen LogP contribution in [-0.4, -0.2) is 55.8 Å². The van der Waals surface area contributed by atoms with E-state index in [9.17, 15) is 19.2 Å². The van der Waals surface area contributed by atoms with Crippen molar-refractivity contribution in [2.75, 3.05) is 33.2 Å². The number of ether oxygens (including phenoxy) is 3. The van der Waals surface area contributed by atoms with Crippen LogP contribution in [0.3, 0.4) is 0 Å². The van der Waals surface area contributed by atoms with Gasteiger partial charge in [0.1, 0.15) is 6.54 Å². The fourth-order valence-corrected chi connectivity index (χ4v) is 4.35. The molecule has 178 valence electrons. The third kappa shape index (κ3) is 5.46. The third-order valence-corrected chi connectivity index (χ3v) is 6.10. The van der Waals surface area contributed by atoms with Gasteiger partial charge in [0.05, 0.1) is 41.8 Å². The Morgan fingerprint density at radius 3 is 2.44 bits per heavy atom. The van der Waals surface area contributed by atoms with Gasteiger partial charge in [-0.25, -0.2) is 4.79 Å². The van der Waals surface area contributed by atoms with Gasteiger partial charge in [-0.2, -0.15) is 0 Å². The van der Waals surface area contributed by atoms with Gasteiger partial charge in [0.25, 0.3) is 11.1 Å². The number of nitrogens with one attached hydrogen (secondary N) is 1. The lowest BCUT2D eigenvalue weighted by molar-refractivity contribution is -0.127. The maximum absolute atomic E-state index is 12.8. The van der Waals surface area contributed by atoms with Gasteiger partial charge in [0.15, 0.2) is 11.5 Å². The second kappa shape index (κ2) is 10.8. The first kappa shape index (κ1) is 25.4. The first-order chi connectivity index (χ1) is 16.2. The Morgan fingerprint density at radius 1 is 1.06 bits per heavy atom. The normalized spacial score (nSPS) is 14.4. The Bertz CT molecular complexity index is 1220. The van der Waals surface area contributed by atoms with Gasteiger partial charge in [-0.05, 0) is 53.7 Å². The van der Waals surface area contributed by atoms with E-state index in [0.29, 0.717) is 28.8 Å². The summed E-state index contributed by atoms with van der Waals surface area (Å²) in [7, 11) is 4.09. The molecule has 0 radical (unpaired) electrons. The van der Waals surface area contributed by atoms with E-state index in [1.165, 1.54) is 45.6 Å². The molecule has 0 spiro atoms. The number of halogens is 2. The molecule has 34 heavy (non-hydrogen) atoms. The number of thioether (sulfide) groups is 1. The molecule has 0 bridgehead atoms. The van der Waals surface area contributed by atoms with Crippen molar-refractivity contribution in [3.05, 3.63) is 56.4 Å². The molecule has 0 unspecified atom stereocenters. The molecule has 0 atom stereocenters. The smallest absolute Gasteiger partial charge is 0.339 e. The van der Waals surface area contributed by atoms with Crippen LogP contribution in [-0.2, 0) is 14.3 Å². The van der Waals surface area contributed by atoms with Crippen molar-refractivity contribution in [3.63, 3.8) is 0 Å². The number of rotatable bonds is 7. The number of esters is 1. The molecule has 1 saturated heterocycles. The summed E-state index contributed by atoms with van der Waals surface area (Å²) in [6.45, 7) is -0.523. The molecule has 0 saturated carbocycles. The average molecular weight is 525 g/mol. The fraction of sp³-hybridized carbons (Fsp3) is 0.182. The molecule has 1 aliphatic heterocycles. The molecule has 3 amide bonds. The Labute approximate surface area is 208 Å². The number of benzene rings is 2. The van der Waals surface area contributed by atoms with E-state index < -0.39 is 29.6 Å². The van der Waals surface area contributed by atoms with Gasteiger partial charge in [-0.3, -0.25) is 19.3 Å². The lowest BCUT2D eigenvalue weighted by Crippen LogP contribution is -2.36. The summed E-state index contributed by atoms with van der Waals surface area (Å²) in [5.74, 6) is -1.26. The van der Waals surface area contributed by atoms with Crippen molar-refractivity contribution in [2.24, 2.45) is 0 Å². The standard InChI is InChI=1S/C22H18Cl2N2O7S/c1-31-16-7-11(6-15(24)19(16)32-2)8-17-20(28)26(22(30)34-17)10-18(27)25-12-4-5-14(23)13(9-12)21(29)33-3/h4-9H,10H2,1-3H3,(H,25,27)/b17-8-. The molecule has 2 aromatic carbocycles. The van der Waals surface area contributed by atoms with Crippen molar-refractivity contribution in [3.8, 4) is 11.5 Å². The third-order valence-electron chi connectivity index (χ3n) is 4.58. The van der Waals surface area contributed by atoms with Crippen molar-refractivity contribution in [2.45, 2.75) is 0 Å². The molecule has 1 heterocycles. The molecule has 0 aromatic heterocycles. The van der Waals surface area contributed by atoms with Crippen LogP contribution >= 0.6 is 35.0 Å². The highest BCUT2D eigenvalue weighted by molar-refractivity contribution is 8.18. The van der Waals surface area contributed by atoms with Crippen LogP contribution in [0, 0.1) is 0 Å². The summed E-state index contributed by atoms with van der Waals surface area (Å²) in [5, 5.41) is 2.34. The van der Waals surface area contributed by atoms with E-state index in [1.807, 2.05) is 0 Å². The fourth-order valence-electron chi connectivity index (χ4n) is 3.02. The van der Waals surface area contributed by atoms with E-state index in [1.54, 1.807) is 12.1 Å². The number of nitrogens with zero attached hydrogens (tertiary/aromatic N) is 1. The highest BCUT2D eigenvalue weighted by Gasteiger charge is 2.36. The van der Waals surface area contributed by atoms with Gasteiger partial charge in [-0.15, -0.1) is 0 Å². The maximum Gasteiger partial charge on any atom is 0.339 e. The van der Waals surface area contributed by atoms with E-state index >= 15 is 0 Å². The van der Waals surface area contributed by atoms with Gasteiger partial charge < -0.3 is 19.5 Å². The van der Waals surface area contributed by atoms with Crippen molar-refractivity contribution in [1.29, 1.82) is 0 Å². The van der Waals surface area contributed by atoms with Crippen LogP contribution < -0.4 is 14.8 Å². The SMILES string of the molecule is COC(=O)c1cc(NC(=O)CN2C(=O)S/C(=C\c3cc(Cl)c(OC)c(OC)c3)C2=O)ccc1Cl. The topological polar surface area (TPSA) is 111 Å². The van der Waals surface area contributed by atoms with Crippen LogP contribution in [0.1, 0.15) is 15.9 Å². The molecule has 9 nitrogen and oxygen atoms in total. The monoisotopic (exact) mass is 524 g/mol. The van der Waals surface area contributed by atoms with Crippen molar-refractivity contribution < 1.29 is 33.4 Å². The summed E-state index contributed by atoms with van der Waals surface area (Å²) in [6.07, 6.45) is 1.47. The van der Waals surface area contributed by atoms with Gasteiger partial charge >= 0.3 is 5.97 Å². The van der Waals surface area contributed by atoms with Gasteiger partial charge in [0.2, 0.25) is 5.91 Å². The largest absolute Gasteiger partial charge is 0.493 e. The van der Waals surface area contributed by atoms with Crippen LogP contribution in [0.25, 0.3) is 6.08 Å². The molecular formula is C22H18Cl2N2O7S. The predicted molar refractivity (Wildman–Crippen MR) is 129 cm³/mol. The summed E-state index contributed by atoms with van der Waals surface area (Å²) in [6, 6.07) is 7.39. The minimum absolute atomic E-state index is 0.0599. The highest BCUT2D eigenvalue weighted by Crippen LogP contribution is 2.38. The Hall–Kier alpha value is -3.21. The van der Waals surface area contributed by atoms with Gasteiger partial charge in [-0.1, -0.05) is 23.2 Å². The average Bonchev–Trinajstić information content (AvgIpc) is 3.06. The Kier molecular flexibility index (Phi) is 8.08. The maximum atomic E-state index is 12.8. The first-order valence-electron chi connectivity index (χ1n) is 9.53. The lowest BCUT2D eigenvalue weighted by Gasteiger charge is -2.13. The molecule has 0 aliphatic carbocycles. The Balaban J connectivity index is 1.75. The van der Waals surface area contributed by atoms with E-state index in [-0.39, 0.29) is 26.2 Å². The number of anilines is 1.